The highest BCUT2D eigenvalue weighted by molar-refractivity contribution is 7.40. The summed E-state index contributed by atoms with van der Waals surface area (Å²) in [7, 11) is -2.68. The van der Waals surface area contributed by atoms with Gasteiger partial charge in [0.15, 0.2) is 12.1 Å². The molecule has 0 aromatic heterocycles. The summed E-state index contributed by atoms with van der Waals surface area (Å²) in [6.07, 6.45) is -1.65. The maximum Gasteiger partial charge on any atom is 0.533 e. The number of carbonyl (C=O) groups is 4. The molecule has 0 saturated heterocycles. The predicted molar refractivity (Wildman–Crippen MR) is 70.5 cm³/mol. The van der Waals surface area contributed by atoms with Gasteiger partial charge in [-0.25, -0.2) is 0 Å². The number of aliphatic carboxylic acids is 4. The van der Waals surface area contributed by atoms with Gasteiger partial charge in [0.2, 0.25) is 0 Å². The second-order valence-corrected chi connectivity index (χ2v) is 5.30. The highest BCUT2D eigenvalue weighted by Crippen LogP contribution is 2.16. The lowest BCUT2D eigenvalue weighted by molar-refractivity contribution is -0.141. The van der Waals surface area contributed by atoms with Gasteiger partial charge in [-0.1, -0.05) is 10.2 Å². The van der Waals surface area contributed by atoms with Crippen LogP contribution < -0.4 is 10.2 Å². The molecule has 0 aliphatic carbocycles. The van der Waals surface area contributed by atoms with Crippen molar-refractivity contribution < 1.29 is 44.2 Å². The molecule has 0 heterocycles. The van der Waals surface area contributed by atoms with Gasteiger partial charge in [0.25, 0.3) is 0 Å². The summed E-state index contributed by atoms with van der Waals surface area (Å²) in [5, 5.41) is 38.8. The fourth-order valence-electron chi connectivity index (χ4n) is 1.34. The van der Waals surface area contributed by atoms with Crippen molar-refractivity contribution in [2.24, 2.45) is 0 Å². The van der Waals surface area contributed by atoms with E-state index in [2.05, 4.69) is 10.2 Å². The molecular weight excluding hydrogens is 323 g/mol. The molecule has 0 aliphatic rings. The van der Waals surface area contributed by atoms with Crippen LogP contribution in [0.1, 0.15) is 25.7 Å². The Bertz CT molecular complexity index is 427. The van der Waals surface area contributed by atoms with Gasteiger partial charge in [-0.15, -0.1) is 0 Å². The lowest BCUT2D eigenvalue weighted by Crippen LogP contribution is -2.39. The van der Waals surface area contributed by atoms with Gasteiger partial charge >= 0.3 is 32.0 Å². The van der Waals surface area contributed by atoms with E-state index < -0.39 is 56.9 Å². The van der Waals surface area contributed by atoms with Crippen molar-refractivity contribution in [3.05, 3.63) is 0 Å². The van der Waals surface area contributed by atoms with Crippen LogP contribution in [0.25, 0.3) is 0 Å². The maximum atomic E-state index is 11.7. The summed E-state index contributed by atoms with van der Waals surface area (Å²) in [5.41, 5.74) is 0. The molecular formula is C10H16N2O9P+. The largest absolute Gasteiger partial charge is 0.533 e. The summed E-state index contributed by atoms with van der Waals surface area (Å²) in [6.45, 7) is 0. The van der Waals surface area contributed by atoms with Crippen LogP contribution in [0.3, 0.4) is 0 Å². The van der Waals surface area contributed by atoms with E-state index >= 15 is 0 Å². The third-order valence-corrected chi connectivity index (χ3v) is 3.53. The standard InChI is InChI=1S/C10H15N2O9P/c13-7(14)3-1-5(9(17)18)11-22(21)12-6(10(19)20)2-4-8(15)16/h5-6H,1-4H2,(H5-,11,12,13,14,15,16,17,18,19,20,21)/p+1/t5-,6-/m0/s1. The first-order valence-corrected chi connectivity index (χ1v) is 7.28. The zero-order chi connectivity index (χ0) is 17.3. The van der Waals surface area contributed by atoms with E-state index in [9.17, 15) is 23.7 Å². The minimum Gasteiger partial charge on any atom is -0.481 e. The normalized spacial score (nSPS) is 13.1. The number of hydrogen-bond acceptors (Lipinski definition) is 5. The van der Waals surface area contributed by atoms with E-state index in [0.717, 1.165) is 0 Å². The molecule has 0 rings (SSSR count). The van der Waals surface area contributed by atoms with Crippen LogP contribution in [0.2, 0.25) is 0 Å². The summed E-state index contributed by atoms with van der Waals surface area (Å²) < 4.78 is 11.7. The maximum absolute atomic E-state index is 11.7. The molecule has 0 aliphatic heterocycles. The van der Waals surface area contributed by atoms with Crippen molar-refractivity contribution in [2.75, 3.05) is 0 Å². The van der Waals surface area contributed by atoms with Crippen LogP contribution in [0.5, 0.6) is 0 Å². The van der Waals surface area contributed by atoms with Gasteiger partial charge in [0, 0.05) is 12.8 Å². The molecule has 0 fully saturated rings. The Morgan fingerprint density at radius 2 is 1.09 bits per heavy atom. The number of rotatable bonds is 12. The van der Waals surface area contributed by atoms with E-state index in [1.54, 1.807) is 0 Å². The van der Waals surface area contributed by atoms with E-state index in [1.807, 2.05) is 0 Å². The summed E-state index contributed by atoms with van der Waals surface area (Å²) in [6, 6.07) is -2.89. The SMILES string of the molecule is O=C(O)CC[C@H](N[P+](=O)N[C@@H](CCC(=O)O)C(=O)O)C(=O)O. The fourth-order valence-corrected chi connectivity index (χ4v) is 2.46. The van der Waals surface area contributed by atoms with Crippen LogP contribution >= 0.6 is 8.10 Å². The van der Waals surface area contributed by atoms with E-state index in [-0.39, 0.29) is 12.8 Å². The molecule has 124 valence electrons. The first kappa shape index (κ1) is 19.9. The van der Waals surface area contributed by atoms with Gasteiger partial charge in [-0.2, -0.15) is 0 Å². The van der Waals surface area contributed by atoms with Gasteiger partial charge in [0.05, 0.1) is 0 Å². The van der Waals surface area contributed by atoms with E-state index in [4.69, 9.17) is 20.4 Å². The molecule has 0 aromatic rings. The number of nitrogens with one attached hydrogen (secondary N) is 2. The molecule has 0 amide bonds. The minimum absolute atomic E-state index is 0.347. The zero-order valence-corrected chi connectivity index (χ0v) is 12.2. The van der Waals surface area contributed by atoms with E-state index in [1.165, 1.54) is 0 Å². The average molecular weight is 339 g/mol. The molecule has 11 nitrogen and oxygen atoms in total. The monoisotopic (exact) mass is 339 g/mol. The smallest absolute Gasteiger partial charge is 0.481 e. The Hall–Kier alpha value is -2.10. The Kier molecular flexibility index (Phi) is 8.83. The lowest BCUT2D eigenvalue weighted by Gasteiger charge is -2.08. The summed E-state index contributed by atoms with van der Waals surface area (Å²) >= 11 is 0. The van der Waals surface area contributed by atoms with Gasteiger partial charge in [-0.05, 0) is 17.4 Å². The van der Waals surface area contributed by atoms with E-state index in [0.29, 0.717) is 0 Å². The quantitative estimate of drug-likeness (QED) is 0.250. The highest BCUT2D eigenvalue weighted by atomic mass is 31.1. The van der Waals surface area contributed by atoms with Crippen molar-refractivity contribution in [3.63, 3.8) is 0 Å². The lowest BCUT2D eigenvalue weighted by atomic mass is 10.2. The summed E-state index contributed by atoms with van der Waals surface area (Å²) in [4.78, 5) is 42.5. The molecule has 22 heavy (non-hydrogen) atoms. The first-order valence-electron chi connectivity index (χ1n) is 6.02. The molecule has 0 spiro atoms. The second kappa shape index (κ2) is 9.77. The Balaban J connectivity index is 4.57. The Morgan fingerprint density at radius 1 is 0.773 bits per heavy atom. The van der Waals surface area contributed by atoms with Crippen LogP contribution in [0.4, 0.5) is 0 Å². The molecule has 0 saturated carbocycles. The Morgan fingerprint density at radius 3 is 1.32 bits per heavy atom. The summed E-state index contributed by atoms with van der Waals surface area (Å²) in [5.74, 6) is -5.35. The van der Waals surface area contributed by atoms with Crippen LogP contribution in [0.15, 0.2) is 0 Å². The van der Waals surface area contributed by atoms with Gasteiger partial charge in [-0.3, -0.25) is 19.2 Å². The van der Waals surface area contributed by atoms with Crippen molar-refractivity contribution >= 4 is 32.0 Å². The average Bonchev–Trinajstić information content (AvgIpc) is 2.38. The van der Waals surface area contributed by atoms with Crippen molar-refractivity contribution in [2.45, 2.75) is 37.8 Å². The third kappa shape index (κ3) is 8.95. The molecule has 0 aromatic carbocycles. The topological polar surface area (TPSA) is 190 Å². The molecule has 6 N–H and O–H groups in total. The highest BCUT2D eigenvalue weighted by Gasteiger charge is 2.33. The van der Waals surface area contributed by atoms with Crippen molar-refractivity contribution in [1.29, 1.82) is 0 Å². The number of carboxylic acid groups (broad SMARTS) is 4. The number of hydrogen-bond donors (Lipinski definition) is 6. The van der Waals surface area contributed by atoms with Crippen molar-refractivity contribution in [1.82, 2.24) is 10.2 Å². The minimum atomic E-state index is -2.68. The molecule has 0 bridgehead atoms. The molecule has 0 radical (unpaired) electrons. The third-order valence-electron chi connectivity index (χ3n) is 2.44. The van der Waals surface area contributed by atoms with Gasteiger partial charge in [0.1, 0.15) is 0 Å². The molecule has 2 atom stereocenters. The van der Waals surface area contributed by atoms with Crippen LogP contribution in [0, 0.1) is 0 Å². The first-order chi connectivity index (χ1) is 10.1. The van der Waals surface area contributed by atoms with Crippen molar-refractivity contribution in [3.8, 4) is 0 Å². The predicted octanol–water partition coefficient (Wildman–Crippen LogP) is -0.541. The zero-order valence-electron chi connectivity index (χ0n) is 11.3. The van der Waals surface area contributed by atoms with Crippen LogP contribution in [-0.2, 0) is 23.7 Å². The fraction of sp³-hybridized carbons (Fsp3) is 0.600. The number of carboxylic acids is 4. The van der Waals surface area contributed by atoms with Crippen LogP contribution in [-0.4, -0.2) is 56.4 Å². The van der Waals surface area contributed by atoms with Gasteiger partial charge < -0.3 is 20.4 Å². The Labute approximate surface area is 125 Å². The molecule has 12 heteroatoms. The second-order valence-electron chi connectivity index (χ2n) is 4.20. The molecule has 0 unspecified atom stereocenters.